The Morgan fingerprint density at radius 3 is 2.57 bits per heavy atom. The summed E-state index contributed by atoms with van der Waals surface area (Å²) >= 11 is 0. The summed E-state index contributed by atoms with van der Waals surface area (Å²) in [5, 5.41) is 57.3. The Bertz CT molecular complexity index is 1340. The number of fused-ring (bicyclic) bond motifs is 3. The van der Waals surface area contributed by atoms with E-state index in [9.17, 15) is 40.0 Å². The maximum Gasteiger partial charge on any atom is 0.253 e. The van der Waals surface area contributed by atoms with Gasteiger partial charge in [-0.25, -0.2) is 4.98 Å². The van der Waals surface area contributed by atoms with Gasteiger partial charge in [-0.05, 0) is 17.5 Å². The number of allylic oxidation sites excluding steroid dienone is 1. The van der Waals surface area contributed by atoms with Crippen LogP contribution in [0.25, 0.3) is 17.2 Å². The van der Waals surface area contributed by atoms with Crippen LogP contribution in [-0.2, 0) is 9.59 Å². The van der Waals surface area contributed by atoms with E-state index in [4.69, 9.17) is 10.2 Å². The molecule has 12 nitrogen and oxygen atoms in total. The first-order chi connectivity index (χ1) is 16.5. The Hall–Kier alpha value is -4.03. The van der Waals surface area contributed by atoms with E-state index in [-0.39, 0.29) is 22.6 Å². The molecule has 5 atom stereocenters. The summed E-state index contributed by atoms with van der Waals surface area (Å²) in [4.78, 5) is 41.6. The number of amides is 1. The summed E-state index contributed by atoms with van der Waals surface area (Å²) in [5.74, 6) is -12.0. The Balaban J connectivity index is 1.75. The molecule has 1 aromatic heterocycles. The van der Waals surface area contributed by atoms with Crippen LogP contribution in [0.15, 0.2) is 51.1 Å². The number of phenols is 1. The van der Waals surface area contributed by atoms with Crippen LogP contribution < -0.4 is 5.73 Å². The van der Waals surface area contributed by atoms with Crippen LogP contribution in [0.5, 0.6) is 5.75 Å². The van der Waals surface area contributed by atoms with Gasteiger partial charge in [-0.2, -0.15) is 4.91 Å². The molecule has 1 amide bonds. The van der Waals surface area contributed by atoms with Gasteiger partial charge in [0.1, 0.15) is 35.1 Å². The van der Waals surface area contributed by atoms with Gasteiger partial charge in [-0.1, -0.05) is 18.2 Å². The van der Waals surface area contributed by atoms with E-state index >= 15 is 0 Å². The smallest absolute Gasteiger partial charge is 0.253 e. The second kappa shape index (κ2) is 7.48. The van der Waals surface area contributed by atoms with Gasteiger partial charge in [0.05, 0.1) is 23.2 Å². The number of aromatic hydroxyl groups is 1. The minimum absolute atomic E-state index is 0.0593. The zero-order valence-electron chi connectivity index (χ0n) is 18.2. The molecule has 1 aromatic carbocycles. The summed E-state index contributed by atoms with van der Waals surface area (Å²) in [6.07, 6.45) is 2.23. The Kier molecular flexibility index (Phi) is 4.86. The summed E-state index contributed by atoms with van der Waals surface area (Å²) in [6.45, 7) is 1.67. The average molecular weight is 483 g/mol. The van der Waals surface area contributed by atoms with E-state index < -0.39 is 76.5 Å². The highest BCUT2D eigenvalue weighted by atomic mass is 16.5. The SMILES string of the molecule is C[C@H]1c2ccc(-c3ncco3)c(O)c2C(O)=C2C(=O)C3C(CC(O)=C(C(N)=O)C3(O)O)[C@@H](N=O)C21. The van der Waals surface area contributed by atoms with Crippen molar-refractivity contribution in [2.75, 3.05) is 0 Å². The van der Waals surface area contributed by atoms with E-state index in [1.54, 1.807) is 13.0 Å². The van der Waals surface area contributed by atoms with Crippen molar-refractivity contribution in [1.82, 2.24) is 4.98 Å². The molecule has 0 saturated heterocycles. The van der Waals surface area contributed by atoms with Crippen molar-refractivity contribution < 1.29 is 39.5 Å². The van der Waals surface area contributed by atoms with Gasteiger partial charge in [0.25, 0.3) is 5.91 Å². The second-order valence-electron chi connectivity index (χ2n) is 9.06. The first-order valence-corrected chi connectivity index (χ1v) is 10.7. The molecule has 5 rings (SSSR count). The molecule has 12 heteroatoms. The van der Waals surface area contributed by atoms with Gasteiger partial charge in [-0.15, -0.1) is 0 Å². The third-order valence-electron chi connectivity index (χ3n) is 7.40. The zero-order chi connectivity index (χ0) is 25.4. The van der Waals surface area contributed by atoms with Gasteiger partial charge >= 0.3 is 0 Å². The average Bonchev–Trinajstić information content (AvgIpc) is 3.30. The molecule has 0 radical (unpaired) electrons. The van der Waals surface area contributed by atoms with Crippen LogP contribution in [0.3, 0.4) is 0 Å². The highest BCUT2D eigenvalue weighted by molar-refractivity contribution is 6.08. The molecule has 35 heavy (non-hydrogen) atoms. The van der Waals surface area contributed by atoms with Gasteiger partial charge in [0.2, 0.25) is 11.7 Å². The number of nitroso groups, excluding NO2 is 1. The number of aliphatic hydroxyl groups is 4. The second-order valence-corrected chi connectivity index (χ2v) is 9.06. The van der Waals surface area contributed by atoms with E-state index in [2.05, 4.69) is 10.2 Å². The van der Waals surface area contributed by atoms with Gasteiger partial charge in [0, 0.05) is 23.8 Å². The van der Waals surface area contributed by atoms with E-state index in [1.807, 2.05) is 0 Å². The molecule has 1 saturated carbocycles. The maximum absolute atomic E-state index is 13.7. The number of benzene rings is 1. The normalized spacial score (nSPS) is 29.3. The predicted molar refractivity (Wildman–Crippen MR) is 117 cm³/mol. The quantitative estimate of drug-likeness (QED) is 0.272. The van der Waals surface area contributed by atoms with Crippen LogP contribution >= 0.6 is 0 Å². The third kappa shape index (κ3) is 2.90. The van der Waals surface area contributed by atoms with Crippen LogP contribution in [0.2, 0.25) is 0 Å². The summed E-state index contributed by atoms with van der Waals surface area (Å²) in [5.41, 5.74) is 4.36. The minimum Gasteiger partial charge on any atom is -0.512 e. The topological polar surface area (TPSA) is 217 Å². The lowest BCUT2D eigenvalue weighted by Crippen LogP contribution is -2.61. The molecule has 0 bridgehead atoms. The standard InChI is InChI=1S/C23H21N3O9/c1-7-8-2-3-9(22-25-4-5-35-22)18(28)13(8)19(29)14-12(7)17(26-34)10-6-11(27)16(21(24)31)23(32,33)15(10)20(14)30/h2-5,7,10,12,15,17,27-29,32-33H,6H2,1H3,(H2,24,31)/t7-,10?,12?,15?,17+/m0/s1. The fourth-order valence-corrected chi connectivity index (χ4v) is 5.95. The number of primary amides is 1. The van der Waals surface area contributed by atoms with Crippen LogP contribution in [0.1, 0.15) is 30.4 Å². The Morgan fingerprint density at radius 2 is 1.97 bits per heavy atom. The van der Waals surface area contributed by atoms with Crippen LogP contribution in [0.4, 0.5) is 0 Å². The molecule has 3 aliphatic rings. The monoisotopic (exact) mass is 483 g/mol. The molecule has 1 fully saturated rings. The molecule has 1 heterocycles. The molecule has 7 N–H and O–H groups in total. The number of carbonyl (C=O) groups is 2. The van der Waals surface area contributed by atoms with Gasteiger partial charge in [-0.3, -0.25) is 9.59 Å². The number of ketones is 1. The highest BCUT2D eigenvalue weighted by Crippen LogP contribution is 2.57. The zero-order valence-corrected chi connectivity index (χ0v) is 18.2. The Morgan fingerprint density at radius 1 is 1.26 bits per heavy atom. The molecule has 182 valence electrons. The van der Waals surface area contributed by atoms with Crippen molar-refractivity contribution in [3.8, 4) is 17.2 Å². The van der Waals surface area contributed by atoms with Crippen LogP contribution in [0, 0.1) is 22.7 Å². The van der Waals surface area contributed by atoms with E-state index in [1.165, 1.54) is 18.5 Å². The molecule has 3 aliphatic carbocycles. The minimum atomic E-state index is -3.22. The lowest BCUT2D eigenvalue weighted by molar-refractivity contribution is -0.199. The number of aromatic nitrogens is 1. The van der Waals surface area contributed by atoms with Crippen molar-refractivity contribution in [2.24, 2.45) is 28.7 Å². The predicted octanol–water partition coefficient (Wildman–Crippen LogP) is 1.38. The fourth-order valence-electron chi connectivity index (χ4n) is 5.95. The number of aliphatic hydroxyl groups excluding tert-OH is 2. The number of carbonyl (C=O) groups excluding carboxylic acids is 2. The molecule has 2 aromatic rings. The molecular formula is C23H21N3O9. The lowest BCUT2D eigenvalue weighted by atomic mass is 9.55. The van der Waals surface area contributed by atoms with Crippen molar-refractivity contribution in [1.29, 1.82) is 0 Å². The molecule has 3 unspecified atom stereocenters. The first kappa shape index (κ1) is 22.7. The van der Waals surface area contributed by atoms with E-state index in [0.29, 0.717) is 5.56 Å². The number of hydrogen-bond acceptors (Lipinski definition) is 11. The number of Topliss-reactive ketones (excluding diaryl/α,β-unsaturated/α-hetero) is 1. The Labute approximate surface area is 197 Å². The summed E-state index contributed by atoms with van der Waals surface area (Å²) < 4.78 is 5.23. The first-order valence-electron chi connectivity index (χ1n) is 10.7. The molecule has 0 spiro atoms. The highest BCUT2D eigenvalue weighted by Gasteiger charge is 2.63. The summed E-state index contributed by atoms with van der Waals surface area (Å²) in [7, 11) is 0. The maximum atomic E-state index is 13.7. The molecular weight excluding hydrogens is 462 g/mol. The fraction of sp³-hybridized carbons (Fsp3) is 0.348. The molecule has 0 aliphatic heterocycles. The van der Waals surface area contributed by atoms with Crippen LogP contribution in [-0.4, -0.2) is 54.0 Å². The van der Waals surface area contributed by atoms with Crippen molar-refractivity contribution in [2.45, 2.75) is 31.1 Å². The number of phenolic OH excluding ortho intramolecular Hbond substituents is 1. The van der Waals surface area contributed by atoms with Crippen molar-refractivity contribution in [3.63, 3.8) is 0 Å². The summed E-state index contributed by atoms with van der Waals surface area (Å²) in [6, 6.07) is 1.82. The van der Waals surface area contributed by atoms with Gasteiger partial charge < -0.3 is 35.7 Å². The van der Waals surface area contributed by atoms with Crippen molar-refractivity contribution in [3.05, 3.63) is 57.5 Å². The number of hydrogen-bond donors (Lipinski definition) is 6. The van der Waals surface area contributed by atoms with Crippen molar-refractivity contribution >= 4 is 17.4 Å². The number of nitrogens with zero attached hydrogens (tertiary/aromatic N) is 2. The third-order valence-corrected chi connectivity index (χ3v) is 7.40. The number of rotatable bonds is 3. The number of nitrogens with two attached hydrogens (primary N) is 1. The van der Waals surface area contributed by atoms with Gasteiger partial charge in [0.15, 0.2) is 5.78 Å². The number of oxazole rings is 1. The van der Waals surface area contributed by atoms with E-state index in [0.717, 1.165) is 0 Å². The lowest BCUT2D eigenvalue weighted by Gasteiger charge is -2.50. The largest absolute Gasteiger partial charge is 0.512 e.